The molecule has 0 heterocycles. The lowest BCUT2D eigenvalue weighted by Gasteiger charge is -2.35. The topological polar surface area (TPSA) is 40.5 Å². The van der Waals surface area contributed by atoms with Crippen molar-refractivity contribution in [3.05, 3.63) is 30.3 Å². The summed E-state index contributed by atoms with van der Waals surface area (Å²) < 4.78 is 12.3. The molecule has 1 saturated carbocycles. The van der Waals surface area contributed by atoms with Crippen LogP contribution in [0.4, 0.5) is 0 Å². The first-order valence-corrected chi connectivity index (χ1v) is 9.34. The van der Waals surface area contributed by atoms with Gasteiger partial charge in [-0.2, -0.15) is 0 Å². The normalized spacial score (nSPS) is 19.6. The first-order valence-electron chi connectivity index (χ1n) is 8.02. The van der Waals surface area contributed by atoms with Crippen LogP contribution in [0, 0.1) is 0 Å². The smallest absolute Gasteiger partial charge is 0.0639 e. The predicted octanol–water partition coefficient (Wildman–Crippen LogP) is 2.81. The van der Waals surface area contributed by atoms with E-state index in [2.05, 4.69) is 4.90 Å². The average molecular weight is 309 g/mol. The summed E-state index contributed by atoms with van der Waals surface area (Å²) in [5, 5.41) is 9.72. The predicted molar refractivity (Wildman–Crippen MR) is 87.8 cm³/mol. The maximum Gasteiger partial charge on any atom is 0.0639 e. The fourth-order valence-electron chi connectivity index (χ4n) is 3.10. The molecule has 2 atom stereocenters. The number of aliphatic hydroxyl groups is 1. The molecule has 0 radical (unpaired) electrons. The van der Waals surface area contributed by atoms with Crippen molar-refractivity contribution in [3.8, 4) is 0 Å². The van der Waals surface area contributed by atoms with Gasteiger partial charge in [-0.25, -0.2) is 0 Å². The van der Waals surface area contributed by atoms with E-state index in [0.29, 0.717) is 18.3 Å². The summed E-state index contributed by atoms with van der Waals surface area (Å²) in [7, 11) is -0.947. The largest absolute Gasteiger partial charge is 0.392 e. The molecule has 118 valence electrons. The van der Waals surface area contributed by atoms with E-state index in [1.54, 1.807) is 0 Å². The summed E-state index contributed by atoms with van der Waals surface area (Å²) in [6.07, 6.45) is 5.99. The van der Waals surface area contributed by atoms with Crippen molar-refractivity contribution >= 4 is 10.8 Å². The zero-order valence-electron chi connectivity index (χ0n) is 12.9. The molecular weight excluding hydrogens is 282 g/mol. The van der Waals surface area contributed by atoms with Gasteiger partial charge in [0, 0.05) is 29.8 Å². The summed E-state index contributed by atoms with van der Waals surface area (Å²) in [4.78, 5) is 3.25. The number of benzene rings is 1. The molecular formula is C17H27NO2S. The van der Waals surface area contributed by atoms with E-state index in [1.165, 1.54) is 32.1 Å². The van der Waals surface area contributed by atoms with Crippen LogP contribution in [0.1, 0.15) is 39.0 Å². The lowest BCUT2D eigenvalue weighted by molar-refractivity contribution is 0.0873. The van der Waals surface area contributed by atoms with Crippen LogP contribution in [0.25, 0.3) is 0 Å². The number of hydrogen-bond donors (Lipinski definition) is 1. The van der Waals surface area contributed by atoms with Gasteiger partial charge in [-0.1, -0.05) is 37.5 Å². The second kappa shape index (κ2) is 8.66. The molecule has 0 aromatic heterocycles. The van der Waals surface area contributed by atoms with Crippen LogP contribution in [0.15, 0.2) is 35.2 Å². The Labute approximate surface area is 130 Å². The number of hydrogen-bond acceptors (Lipinski definition) is 3. The van der Waals surface area contributed by atoms with Crippen LogP contribution in [0.5, 0.6) is 0 Å². The summed E-state index contributed by atoms with van der Waals surface area (Å²) in [5.41, 5.74) is 0. The lowest BCUT2D eigenvalue weighted by Crippen LogP contribution is -2.42. The Hall–Kier alpha value is -0.710. The Morgan fingerprint density at radius 1 is 1.24 bits per heavy atom. The Morgan fingerprint density at radius 2 is 1.90 bits per heavy atom. The fourth-order valence-corrected chi connectivity index (χ4v) is 4.20. The Bertz CT molecular complexity index is 430. The summed E-state index contributed by atoms with van der Waals surface area (Å²) >= 11 is 0. The molecule has 1 aliphatic carbocycles. The van der Waals surface area contributed by atoms with E-state index < -0.39 is 10.8 Å². The second-order valence-electron chi connectivity index (χ2n) is 6.00. The zero-order valence-corrected chi connectivity index (χ0v) is 13.7. The minimum Gasteiger partial charge on any atom is -0.392 e. The highest BCUT2D eigenvalue weighted by molar-refractivity contribution is 7.85. The van der Waals surface area contributed by atoms with Gasteiger partial charge in [-0.15, -0.1) is 0 Å². The SMILES string of the molecule is CC(O)CN(CCS(=O)c1ccccc1)C1CCCCC1. The van der Waals surface area contributed by atoms with Crippen molar-refractivity contribution < 1.29 is 9.32 Å². The highest BCUT2D eigenvalue weighted by atomic mass is 32.2. The minimum absolute atomic E-state index is 0.322. The molecule has 1 fully saturated rings. The second-order valence-corrected chi connectivity index (χ2v) is 7.57. The zero-order chi connectivity index (χ0) is 15.1. The van der Waals surface area contributed by atoms with Crippen LogP contribution in [-0.4, -0.2) is 45.2 Å². The molecule has 0 bridgehead atoms. The monoisotopic (exact) mass is 309 g/mol. The molecule has 0 aliphatic heterocycles. The van der Waals surface area contributed by atoms with Gasteiger partial charge in [0.05, 0.1) is 16.9 Å². The molecule has 0 amide bonds. The van der Waals surface area contributed by atoms with Crippen molar-refractivity contribution in [2.75, 3.05) is 18.8 Å². The molecule has 1 N–H and O–H groups in total. The average Bonchev–Trinajstić information content (AvgIpc) is 2.52. The minimum atomic E-state index is -0.947. The van der Waals surface area contributed by atoms with E-state index in [9.17, 15) is 9.32 Å². The first kappa shape index (κ1) is 16.7. The third-order valence-electron chi connectivity index (χ3n) is 4.16. The molecule has 4 heteroatoms. The van der Waals surface area contributed by atoms with Gasteiger partial charge in [0.15, 0.2) is 0 Å². The maximum atomic E-state index is 12.3. The van der Waals surface area contributed by atoms with Crippen LogP contribution in [0.2, 0.25) is 0 Å². The van der Waals surface area contributed by atoms with E-state index in [4.69, 9.17) is 0 Å². The molecule has 2 rings (SSSR count). The van der Waals surface area contributed by atoms with Gasteiger partial charge in [-0.05, 0) is 31.9 Å². The van der Waals surface area contributed by atoms with Gasteiger partial charge in [0.25, 0.3) is 0 Å². The molecule has 21 heavy (non-hydrogen) atoms. The van der Waals surface area contributed by atoms with E-state index in [-0.39, 0.29) is 6.10 Å². The van der Waals surface area contributed by atoms with Crippen molar-refractivity contribution in [3.63, 3.8) is 0 Å². The number of rotatable bonds is 7. The van der Waals surface area contributed by atoms with Crippen LogP contribution >= 0.6 is 0 Å². The molecule has 0 saturated heterocycles. The number of aliphatic hydroxyl groups excluding tert-OH is 1. The quantitative estimate of drug-likeness (QED) is 0.842. The molecule has 2 unspecified atom stereocenters. The standard InChI is InChI=1S/C17H27NO2S/c1-15(19)14-18(16-8-4-2-5-9-16)12-13-21(20)17-10-6-3-7-11-17/h3,6-7,10-11,15-16,19H,2,4-5,8-9,12-14H2,1H3. The molecule has 0 spiro atoms. The van der Waals surface area contributed by atoms with Crippen LogP contribution < -0.4 is 0 Å². The first-order chi connectivity index (χ1) is 10.2. The van der Waals surface area contributed by atoms with Gasteiger partial charge < -0.3 is 5.11 Å². The van der Waals surface area contributed by atoms with E-state index >= 15 is 0 Å². The fraction of sp³-hybridized carbons (Fsp3) is 0.647. The van der Waals surface area contributed by atoms with Gasteiger partial charge in [-0.3, -0.25) is 9.11 Å². The maximum absolute atomic E-state index is 12.3. The third-order valence-corrected chi connectivity index (χ3v) is 5.51. The highest BCUT2D eigenvalue weighted by Crippen LogP contribution is 2.23. The van der Waals surface area contributed by atoms with E-state index in [1.807, 2.05) is 37.3 Å². The van der Waals surface area contributed by atoms with Gasteiger partial charge in [0.1, 0.15) is 0 Å². The van der Waals surface area contributed by atoms with Gasteiger partial charge >= 0.3 is 0 Å². The highest BCUT2D eigenvalue weighted by Gasteiger charge is 2.22. The third kappa shape index (κ3) is 5.53. The van der Waals surface area contributed by atoms with Crippen molar-refractivity contribution in [2.45, 2.75) is 56.1 Å². The molecule has 1 aromatic carbocycles. The Kier molecular flexibility index (Phi) is 6.87. The lowest BCUT2D eigenvalue weighted by atomic mass is 9.94. The molecule has 1 aliphatic rings. The van der Waals surface area contributed by atoms with Crippen LogP contribution in [0.3, 0.4) is 0 Å². The number of nitrogens with zero attached hydrogens (tertiary/aromatic N) is 1. The Morgan fingerprint density at radius 3 is 2.52 bits per heavy atom. The van der Waals surface area contributed by atoms with Crippen molar-refractivity contribution in [2.24, 2.45) is 0 Å². The summed E-state index contributed by atoms with van der Waals surface area (Å²) in [6, 6.07) is 10.2. The van der Waals surface area contributed by atoms with E-state index in [0.717, 1.165) is 11.4 Å². The van der Waals surface area contributed by atoms with Crippen LogP contribution in [-0.2, 0) is 10.8 Å². The summed E-state index contributed by atoms with van der Waals surface area (Å²) in [5.74, 6) is 0.646. The van der Waals surface area contributed by atoms with Crippen molar-refractivity contribution in [1.82, 2.24) is 4.90 Å². The molecule has 3 nitrogen and oxygen atoms in total. The van der Waals surface area contributed by atoms with Crippen molar-refractivity contribution in [1.29, 1.82) is 0 Å². The Balaban J connectivity index is 1.90. The molecule has 1 aromatic rings. The summed E-state index contributed by atoms with van der Waals surface area (Å²) in [6.45, 7) is 3.33. The van der Waals surface area contributed by atoms with Gasteiger partial charge in [0.2, 0.25) is 0 Å².